The highest BCUT2D eigenvalue weighted by molar-refractivity contribution is 5.95. The number of carbonyl (C=O) groups excluding carboxylic acids is 2. The number of hydrogen-bond acceptors (Lipinski definition) is 7. The average molecular weight is 504 g/mol. The molecule has 3 heterocycles. The first-order valence-electron chi connectivity index (χ1n) is 11.9. The van der Waals surface area contributed by atoms with E-state index in [2.05, 4.69) is 27.0 Å². The van der Waals surface area contributed by atoms with Crippen LogP contribution in [0.15, 0.2) is 48.5 Å². The number of anilines is 1. The van der Waals surface area contributed by atoms with Crippen molar-refractivity contribution in [1.29, 1.82) is 0 Å². The van der Waals surface area contributed by atoms with Crippen LogP contribution < -0.4 is 15.4 Å². The van der Waals surface area contributed by atoms with Crippen LogP contribution in [0, 0.1) is 11.8 Å². The number of rotatable bonds is 3. The number of nitrogens with zero attached hydrogens (tertiary/aromatic N) is 3. The minimum absolute atomic E-state index is 0.0203. The summed E-state index contributed by atoms with van der Waals surface area (Å²) in [6, 6.07) is 15.3. The Kier molecular flexibility index (Phi) is 8.18. The van der Waals surface area contributed by atoms with Crippen molar-refractivity contribution in [3.05, 3.63) is 71.3 Å². The number of H-pyrrole nitrogens is 1. The van der Waals surface area contributed by atoms with Gasteiger partial charge in [0.15, 0.2) is 0 Å². The van der Waals surface area contributed by atoms with Gasteiger partial charge in [-0.15, -0.1) is 5.10 Å². The summed E-state index contributed by atoms with van der Waals surface area (Å²) >= 11 is 0. The lowest BCUT2D eigenvalue weighted by Crippen LogP contribution is -2.34. The number of nitrogens with two attached hydrogens (primary N) is 1. The zero-order chi connectivity index (χ0) is 26.3. The van der Waals surface area contributed by atoms with Crippen LogP contribution in [-0.4, -0.2) is 64.6 Å². The van der Waals surface area contributed by atoms with Gasteiger partial charge in [-0.05, 0) is 23.8 Å². The summed E-state index contributed by atoms with van der Waals surface area (Å²) in [4.78, 5) is 28.2. The van der Waals surface area contributed by atoms with Gasteiger partial charge in [-0.3, -0.25) is 14.7 Å². The maximum absolute atomic E-state index is 11.9. The van der Waals surface area contributed by atoms with Gasteiger partial charge in [0.25, 0.3) is 5.91 Å². The number of aromatic amines is 1. The fraction of sp³-hybridized carbons (Fsp3) is 0.333. The monoisotopic (exact) mass is 503 g/mol. The van der Waals surface area contributed by atoms with E-state index >= 15 is 0 Å². The molecular formula is C27H29N5O5. The molecule has 2 aromatic carbocycles. The van der Waals surface area contributed by atoms with Crippen LogP contribution in [0.2, 0.25) is 0 Å². The molecule has 5 rings (SSSR count). The van der Waals surface area contributed by atoms with E-state index in [1.807, 2.05) is 48.5 Å². The van der Waals surface area contributed by atoms with E-state index in [9.17, 15) is 14.7 Å². The molecule has 2 aliphatic heterocycles. The summed E-state index contributed by atoms with van der Waals surface area (Å²) in [7, 11) is 1.74. The summed E-state index contributed by atoms with van der Waals surface area (Å²) in [6.45, 7) is 1.45. The highest BCUT2D eigenvalue weighted by atomic mass is 16.5. The van der Waals surface area contributed by atoms with Gasteiger partial charge in [-0.25, -0.2) is 4.98 Å². The van der Waals surface area contributed by atoms with Crippen molar-refractivity contribution in [1.82, 2.24) is 15.2 Å². The van der Waals surface area contributed by atoms with Gasteiger partial charge in [0, 0.05) is 31.9 Å². The molecular weight excluding hydrogens is 474 g/mol. The molecule has 2 amide bonds. The Balaban J connectivity index is 0.000000186. The Labute approximate surface area is 214 Å². The van der Waals surface area contributed by atoms with E-state index in [4.69, 9.17) is 15.2 Å². The fourth-order valence-electron chi connectivity index (χ4n) is 3.83. The van der Waals surface area contributed by atoms with Crippen LogP contribution in [0.25, 0.3) is 0 Å². The zero-order valence-corrected chi connectivity index (χ0v) is 20.6. The molecule has 1 fully saturated rings. The van der Waals surface area contributed by atoms with Gasteiger partial charge in [0.05, 0.1) is 31.9 Å². The minimum atomic E-state index is -0.983. The number of benzene rings is 2. The maximum Gasteiger partial charge on any atom is 0.288 e. The minimum Gasteiger partial charge on any atom is -0.491 e. The second-order valence-corrected chi connectivity index (χ2v) is 8.76. The van der Waals surface area contributed by atoms with Gasteiger partial charge in [-0.1, -0.05) is 42.2 Å². The van der Waals surface area contributed by atoms with E-state index in [1.54, 1.807) is 11.9 Å². The van der Waals surface area contributed by atoms with Crippen molar-refractivity contribution in [2.24, 2.45) is 5.73 Å². The number of fused-ring (bicyclic) bond motifs is 1. The summed E-state index contributed by atoms with van der Waals surface area (Å²) in [6.07, 6.45) is 2.02. The molecule has 192 valence electrons. The second-order valence-electron chi connectivity index (χ2n) is 8.76. The first-order valence-corrected chi connectivity index (χ1v) is 11.9. The Morgan fingerprint density at radius 3 is 2.65 bits per heavy atom. The summed E-state index contributed by atoms with van der Waals surface area (Å²) in [5.74, 6) is 6.70. The number of primary amides is 1. The van der Waals surface area contributed by atoms with Crippen molar-refractivity contribution in [3.8, 4) is 17.6 Å². The molecule has 0 bridgehead atoms. The molecule has 10 heteroatoms. The molecule has 0 unspecified atom stereocenters. The van der Waals surface area contributed by atoms with Crippen LogP contribution in [0.1, 0.15) is 46.8 Å². The third-order valence-corrected chi connectivity index (χ3v) is 5.99. The molecule has 0 aliphatic carbocycles. The predicted molar refractivity (Wildman–Crippen MR) is 136 cm³/mol. The largest absolute Gasteiger partial charge is 0.491 e. The molecule has 2 aliphatic rings. The van der Waals surface area contributed by atoms with Crippen LogP contribution in [0.4, 0.5) is 5.69 Å². The number of aromatic nitrogens is 3. The van der Waals surface area contributed by atoms with E-state index < -0.39 is 11.5 Å². The number of hydrogen-bond donors (Lipinski definition) is 3. The van der Waals surface area contributed by atoms with Crippen LogP contribution in [0.5, 0.6) is 5.75 Å². The summed E-state index contributed by atoms with van der Waals surface area (Å²) in [5, 5.41) is 16.7. The molecule has 37 heavy (non-hydrogen) atoms. The molecule has 0 saturated carbocycles. The quantitative estimate of drug-likeness (QED) is 0.463. The topological polar surface area (TPSA) is 144 Å². The molecule has 0 radical (unpaired) electrons. The highest BCUT2D eigenvalue weighted by Crippen LogP contribution is 2.31. The third-order valence-electron chi connectivity index (χ3n) is 5.99. The van der Waals surface area contributed by atoms with E-state index in [0.717, 1.165) is 11.1 Å². The third kappa shape index (κ3) is 6.94. The number of amides is 2. The van der Waals surface area contributed by atoms with Gasteiger partial charge in [0.2, 0.25) is 11.7 Å². The lowest BCUT2D eigenvalue weighted by molar-refractivity contribution is -0.118. The maximum atomic E-state index is 11.9. The van der Waals surface area contributed by atoms with Crippen LogP contribution in [-0.2, 0) is 16.0 Å². The molecule has 3 aromatic rings. The molecule has 0 spiro atoms. The molecule has 4 N–H and O–H groups in total. The van der Waals surface area contributed by atoms with Crippen LogP contribution in [0.3, 0.4) is 0 Å². The average Bonchev–Trinajstić information content (AvgIpc) is 3.32. The Morgan fingerprint density at radius 2 is 1.95 bits per heavy atom. The molecule has 1 aromatic heterocycles. The molecule has 1 saturated heterocycles. The number of ether oxygens (including phenoxy) is 2. The first-order chi connectivity index (χ1) is 17.8. The van der Waals surface area contributed by atoms with Crippen LogP contribution >= 0.6 is 0 Å². The van der Waals surface area contributed by atoms with Crippen molar-refractivity contribution in [2.75, 3.05) is 31.8 Å². The molecule has 10 nitrogen and oxygen atoms in total. The Bertz CT molecular complexity index is 1310. The van der Waals surface area contributed by atoms with E-state index in [0.29, 0.717) is 62.8 Å². The second kappa shape index (κ2) is 11.7. The number of nitrogens with one attached hydrogen (secondary N) is 1. The zero-order valence-electron chi connectivity index (χ0n) is 20.6. The van der Waals surface area contributed by atoms with Gasteiger partial charge in [-0.2, -0.15) is 0 Å². The summed E-state index contributed by atoms with van der Waals surface area (Å²) in [5.41, 5.74) is 6.62. The smallest absolute Gasteiger partial charge is 0.288 e. The lowest BCUT2D eigenvalue weighted by Gasteiger charge is -2.26. The van der Waals surface area contributed by atoms with Gasteiger partial charge >= 0.3 is 0 Å². The number of aliphatic hydroxyl groups is 1. The van der Waals surface area contributed by atoms with E-state index in [1.165, 1.54) is 0 Å². The predicted octanol–water partition coefficient (Wildman–Crippen LogP) is 1.82. The first kappa shape index (κ1) is 25.9. The highest BCUT2D eigenvalue weighted by Gasteiger charge is 2.27. The molecule has 0 atom stereocenters. The SMILES string of the molecule is CN1C(=O)CCOc2ccc(C#CC3(O)CCOCC3)cc21.NC(=O)c1n[nH]c(Cc2ccccc2)n1. The van der Waals surface area contributed by atoms with Crippen molar-refractivity contribution >= 4 is 17.5 Å². The fourth-order valence-corrected chi connectivity index (χ4v) is 3.83. The van der Waals surface area contributed by atoms with Crippen molar-refractivity contribution in [3.63, 3.8) is 0 Å². The summed E-state index contributed by atoms with van der Waals surface area (Å²) < 4.78 is 10.8. The van der Waals surface area contributed by atoms with Gasteiger partial charge in [0.1, 0.15) is 17.2 Å². The van der Waals surface area contributed by atoms with Gasteiger partial charge < -0.3 is 25.2 Å². The Hall–Kier alpha value is -4.20. The standard InChI is InChI=1S/C17H19NO4.C10H10N4O/c1-18-14-12-13(2-3-15(14)22-9-5-16(18)19)4-6-17(20)7-10-21-11-8-17;11-9(15)10-12-8(13-14-10)6-7-4-2-1-3-5-7/h2-3,12,20H,5,7-11H2,1H3;1-5H,6H2,(H2,11,15)(H,12,13,14). The van der Waals surface area contributed by atoms with Crippen molar-refractivity contribution < 1.29 is 24.2 Å². The van der Waals surface area contributed by atoms with Crippen molar-refractivity contribution in [2.45, 2.75) is 31.3 Å². The normalized spacial score (nSPS) is 16.2. The Morgan fingerprint density at radius 1 is 1.19 bits per heavy atom. The lowest BCUT2D eigenvalue weighted by atomic mass is 9.95. The number of carbonyl (C=O) groups is 2. The van der Waals surface area contributed by atoms with E-state index in [-0.39, 0.29) is 11.7 Å².